The van der Waals surface area contributed by atoms with E-state index in [0.29, 0.717) is 26.1 Å². The van der Waals surface area contributed by atoms with E-state index in [1.54, 1.807) is 7.11 Å². The van der Waals surface area contributed by atoms with Crippen molar-refractivity contribution in [2.75, 3.05) is 39.9 Å². The molecule has 8 heteroatoms. The molecule has 0 aromatic heterocycles. The maximum absolute atomic E-state index is 12.6. The molecular formula is C11H20ClF3N2O2. The molecule has 4 nitrogen and oxygen atoms in total. The highest BCUT2D eigenvalue weighted by molar-refractivity contribution is 5.85. The van der Waals surface area contributed by atoms with Crippen molar-refractivity contribution in [2.45, 2.75) is 19.0 Å². The second kappa shape index (κ2) is 8.60. The lowest BCUT2D eigenvalue weighted by molar-refractivity contribution is -0.187. The van der Waals surface area contributed by atoms with Gasteiger partial charge in [-0.05, 0) is 12.8 Å². The summed E-state index contributed by atoms with van der Waals surface area (Å²) in [5.74, 6) is -1.66. The highest BCUT2D eigenvalue weighted by Gasteiger charge is 2.42. The van der Waals surface area contributed by atoms with E-state index in [9.17, 15) is 18.0 Å². The predicted octanol–water partition coefficient (Wildman–Crippen LogP) is 1.45. The monoisotopic (exact) mass is 304 g/mol. The number of nitrogens with zero attached hydrogens (tertiary/aromatic N) is 1. The number of likely N-dealkylation sites (tertiary alicyclic amines) is 1. The van der Waals surface area contributed by atoms with Crippen LogP contribution in [-0.4, -0.2) is 56.9 Å². The number of halogens is 4. The smallest absolute Gasteiger partial charge is 0.383 e. The number of methoxy groups -OCH3 is 1. The van der Waals surface area contributed by atoms with Crippen molar-refractivity contribution in [3.63, 3.8) is 0 Å². The van der Waals surface area contributed by atoms with Crippen LogP contribution >= 0.6 is 12.4 Å². The van der Waals surface area contributed by atoms with Gasteiger partial charge in [0.05, 0.1) is 19.1 Å². The third kappa shape index (κ3) is 6.44. The summed E-state index contributed by atoms with van der Waals surface area (Å²) in [4.78, 5) is 13.0. The first kappa shape index (κ1) is 18.5. The molecule has 0 radical (unpaired) electrons. The summed E-state index contributed by atoms with van der Waals surface area (Å²) in [6.45, 7) is 1.25. The first-order chi connectivity index (χ1) is 8.45. The second-order valence-electron chi connectivity index (χ2n) is 4.39. The van der Waals surface area contributed by atoms with Crippen LogP contribution in [0.5, 0.6) is 0 Å². The summed E-state index contributed by atoms with van der Waals surface area (Å²) in [7, 11) is 1.54. The quantitative estimate of drug-likeness (QED) is 0.782. The Hall–Kier alpha value is -0.530. The number of carbonyl (C=O) groups is 1. The van der Waals surface area contributed by atoms with Crippen molar-refractivity contribution in [1.82, 2.24) is 10.2 Å². The number of ether oxygens (including phenoxy) is 1. The van der Waals surface area contributed by atoms with Gasteiger partial charge in [-0.2, -0.15) is 13.2 Å². The predicted molar refractivity (Wildman–Crippen MR) is 67.4 cm³/mol. The molecule has 1 rings (SSSR count). The molecule has 1 atom stereocenters. The van der Waals surface area contributed by atoms with Crippen molar-refractivity contribution < 1.29 is 22.7 Å². The van der Waals surface area contributed by atoms with E-state index in [1.807, 2.05) is 0 Å². The number of amides is 1. The molecule has 0 aromatic carbocycles. The molecule has 0 bridgehead atoms. The topological polar surface area (TPSA) is 41.6 Å². The summed E-state index contributed by atoms with van der Waals surface area (Å²) >= 11 is 0. The lowest BCUT2D eigenvalue weighted by Gasteiger charge is -2.33. The standard InChI is InChI=1S/C11H19F3N2O2.ClH/c1-18-6-4-15-7-10(17)16-5-2-3-9(8-16)11(12,13)14;/h9,15H,2-8H2,1H3;1H. The fourth-order valence-corrected chi connectivity index (χ4v) is 1.95. The van der Waals surface area contributed by atoms with Crippen molar-refractivity contribution in [3.05, 3.63) is 0 Å². The zero-order valence-electron chi connectivity index (χ0n) is 10.8. The van der Waals surface area contributed by atoms with Gasteiger partial charge in [0.2, 0.25) is 5.91 Å². The van der Waals surface area contributed by atoms with E-state index < -0.39 is 12.1 Å². The highest BCUT2D eigenvalue weighted by atomic mass is 35.5. The molecule has 1 amide bonds. The summed E-state index contributed by atoms with van der Waals surface area (Å²) in [6.07, 6.45) is -3.68. The minimum Gasteiger partial charge on any atom is -0.383 e. The number of piperidine rings is 1. The fourth-order valence-electron chi connectivity index (χ4n) is 1.95. The molecule has 1 saturated heterocycles. The van der Waals surface area contributed by atoms with Crippen LogP contribution < -0.4 is 5.32 Å². The summed E-state index contributed by atoms with van der Waals surface area (Å²) in [5, 5.41) is 2.84. The molecule has 1 N–H and O–H groups in total. The van der Waals surface area contributed by atoms with Gasteiger partial charge in [-0.1, -0.05) is 0 Å². The Morgan fingerprint density at radius 1 is 1.47 bits per heavy atom. The van der Waals surface area contributed by atoms with Crippen LogP contribution in [0.2, 0.25) is 0 Å². The normalized spacial score (nSPS) is 20.0. The number of carbonyl (C=O) groups excluding carboxylic acids is 1. The highest BCUT2D eigenvalue weighted by Crippen LogP contribution is 2.32. The van der Waals surface area contributed by atoms with Crippen LogP contribution in [-0.2, 0) is 9.53 Å². The van der Waals surface area contributed by atoms with Gasteiger partial charge in [-0.25, -0.2) is 0 Å². The van der Waals surface area contributed by atoms with Crippen molar-refractivity contribution in [1.29, 1.82) is 0 Å². The molecule has 19 heavy (non-hydrogen) atoms. The van der Waals surface area contributed by atoms with Crippen LogP contribution in [0.3, 0.4) is 0 Å². The number of rotatable bonds is 5. The number of hydrogen-bond donors (Lipinski definition) is 1. The van der Waals surface area contributed by atoms with Gasteiger partial charge in [0, 0.05) is 26.7 Å². The second-order valence-corrected chi connectivity index (χ2v) is 4.39. The third-order valence-corrected chi connectivity index (χ3v) is 3.00. The summed E-state index contributed by atoms with van der Waals surface area (Å²) in [5.41, 5.74) is 0. The van der Waals surface area contributed by atoms with Gasteiger partial charge in [0.15, 0.2) is 0 Å². The summed E-state index contributed by atoms with van der Waals surface area (Å²) < 4.78 is 42.5. The molecule has 1 unspecified atom stereocenters. The Morgan fingerprint density at radius 3 is 2.74 bits per heavy atom. The number of alkyl halides is 3. The van der Waals surface area contributed by atoms with Crippen LogP contribution in [0.25, 0.3) is 0 Å². The van der Waals surface area contributed by atoms with Gasteiger partial charge in [-0.15, -0.1) is 12.4 Å². The van der Waals surface area contributed by atoms with E-state index in [2.05, 4.69) is 5.32 Å². The molecular weight excluding hydrogens is 285 g/mol. The maximum Gasteiger partial charge on any atom is 0.393 e. The molecule has 114 valence electrons. The molecule has 0 saturated carbocycles. The third-order valence-electron chi connectivity index (χ3n) is 3.00. The first-order valence-corrected chi connectivity index (χ1v) is 5.99. The van der Waals surface area contributed by atoms with E-state index in [1.165, 1.54) is 4.90 Å². The minimum atomic E-state index is -4.21. The lowest BCUT2D eigenvalue weighted by Crippen LogP contribution is -2.47. The Kier molecular flexibility index (Phi) is 8.36. The van der Waals surface area contributed by atoms with Gasteiger partial charge >= 0.3 is 6.18 Å². The lowest BCUT2D eigenvalue weighted by atomic mass is 9.97. The van der Waals surface area contributed by atoms with Crippen molar-refractivity contribution in [3.8, 4) is 0 Å². The number of hydrogen-bond acceptors (Lipinski definition) is 3. The van der Waals surface area contributed by atoms with Crippen molar-refractivity contribution in [2.24, 2.45) is 5.92 Å². The van der Waals surface area contributed by atoms with Crippen LogP contribution in [0, 0.1) is 5.92 Å². The molecule has 1 aliphatic heterocycles. The Bertz CT molecular complexity index is 277. The zero-order valence-corrected chi connectivity index (χ0v) is 11.6. The fraction of sp³-hybridized carbons (Fsp3) is 0.909. The van der Waals surface area contributed by atoms with E-state index >= 15 is 0 Å². The molecule has 1 aliphatic rings. The number of nitrogens with one attached hydrogen (secondary N) is 1. The average Bonchev–Trinajstić information content (AvgIpc) is 2.33. The molecule has 0 aromatic rings. The molecule has 0 aliphatic carbocycles. The van der Waals surface area contributed by atoms with Crippen LogP contribution in [0.4, 0.5) is 13.2 Å². The zero-order chi connectivity index (χ0) is 13.6. The SMILES string of the molecule is COCCNCC(=O)N1CCCC(C(F)(F)F)C1.Cl. The van der Waals surface area contributed by atoms with Gasteiger partial charge < -0.3 is 15.0 Å². The Morgan fingerprint density at radius 2 is 2.16 bits per heavy atom. The van der Waals surface area contributed by atoms with Crippen LogP contribution in [0.1, 0.15) is 12.8 Å². The maximum atomic E-state index is 12.6. The largest absolute Gasteiger partial charge is 0.393 e. The van der Waals surface area contributed by atoms with Gasteiger partial charge in [0.1, 0.15) is 0 Å². The van der Waals surface area contributed by atoms with Crippen molar-refractivity contribution >= 4 is 18.3 Å². The molecule has 1 fully saturated rings. The average molecular weight is 305 g/mol. The van der Waals surface area contributed by atoms with Crippen LogP contribution in [0.15, 0.2) is 0 Å². The van der Waals surface area contributed by atoms with Gasteiger partial charge in [-0.3, -0.25) is 4.79 Å². The minimum absolute atomic E-state index is 0. The molecule has 0 spiro atoms. The van der Waals surface area contributed by atoms with E-state index in [4.69, 9.17) is 4.74 Å². The Labute approximate surface area is 117 Å². The first-order valence-electron chi connectivity index (χ1n) is 5.99. The molecule has 1 heterocycles. The summed E-state index contributed by atoms with van der Waals surface area (Å²) in [6, 6.07) is 0. The van der Waals surface area contributed by atoms with E-state index in [-0.39, 0.29) is 37.8 Å². The Balaban J connectivity index is 0.00000324. The van der Waals surface area contributed by atoms with E-state index in [0.717, 1.165) is 0 Å². The van der Waals surface area contributed by atoms with Gasteiger partial charge in [0.25, 0.3) is 0 Å².